The number of ether oxygens (including phenoxy) is 1. The van der Waals surface area contributed by atoms with E-state index in [1.54, 1.807) is 0 Å². The summed E-state index contributed by atoms with van der Waals surface area (Å²) in [5.74, 6) is 0. The second-order valence-electron chi connectivity index (χ2n) is 2.76. The molecule has 0 spiro atoms. The van der Waals surface area contributed by atoms with Crippen LogP contribution in [0.4, 0.5) is 0 Å². The van der Waals surface area contributed by atoms with Crippen LogP contribution >= 0.6 is 0 Å². The molecule has 0 saturated carbocycles. The van der Waals surface area contributed by atoms with E-state index >= 15 is 0 Å². The molecular formula is C9H20N2O. The number of aliphatic imine (C=N–C) groups is 1. The van der Waals surface area contributed by atoms with Crippen LogP contribution in [0.5, 0.6) is 0 Å². The van der Waals surface area contributed by atoms with Gasteiger partial charge in [-0.25, -0.2) is 0 Å². The molecular weight excluding hydrogens is 152 g/mol. The maximum atomic E-state index is 5.28. The van der Waals surface area contributed by atoms with E-state index in [4.69, 9.17) is 4.74 Å². The molecule has 12 heavy (non-hydrogen) atoms. The smallest absolute Gasteiger partial charge is 0.0661 e. The lowest BCUT2D eigenvalue weighted by atomic mass is 10.4. The molecule has 0 rings (SSSR count). The molecule has 0 heterocycles. The van der Waals surface area contributed by atoms with Gasteiger partial charge in [-0.15, -0.1) is 0 Å². The Hall–Kier alpha value is -0.410. The number of nitrogens with zero attached hydrogens (tertiary/aromatic N) is 1. The van der Waals surface area contributed by atoms with E-state index in [9.17, 15) is 0 Å². The van der Waals surface area contributed by atoms with Crippen molar-refractivity contribution in [1.82, 2.24) is 5.32 Å². The molecule has 3 heteroatoms. The minimum absolute atomic E-state index is 0.745. The summed E-state index contributed by atoms with van der Waals surface area (Å²) in [7, 11) is 1.92. The topological polar surface area (TPSA) is 33.6 Å². The first-order valence-electron chi connectivity index (χ1n) is 4.53. The van der Waals surface area contributed by atoms with Gasteiger partial charge in [0, 0.05) is 18.9 Å². The lowest BCUT2D eigenvalue weighted by Crippen LogP contribution is -2.16. The van der Waals surface area contributed by atoms with Gasteiger partial charge >= 0.3 is 0 Å². The molecule has 0 atom stereocenters. The van der Waals surface area contributed by atoms with Gasteiger partial charge in [-0.2, -0.15) is 0 Å². The van der Waals surface area contributed by atoms with Crippen molar-refractivity contribution in [1.29, 1.82) is 0 Å². The van der Waals surface area contributed by atoms with Crippen molar-refractivity contribution in [3.8, 4) is 0 Å². The largest absolute Gasteiger partial charge is 0.380 e. The van der Waals surface area contributed by atoms with Crippen LogP contribution in [0.2, 0.25) is 0 Å². The van der Waals surface area contributed by atoms with Gasteiger partial charge in [0.2, 0.25) is 0 Å². The van der Waals surface area contributed by atoms with Crippen molar-refractivity contribution in [3.05, 3.63) is 0 Å². The molecule has 0 aromatic rings. The first-order valence-corrected chi connectivity index (χ1v) is 4.53. The molecule has 0 radical (unpaired) electrons. The number of hydrogen-bond acceptors (Lipinski definition) is 3. The van der Waals surface area contributed by atoms with Crippen LogP contribution in [0.1, 0.15) is 20.3 Å². The highest BCUT2D eigenvalue weighted by Gasteiger charge is 1.88. The van der Waals surface area contributed by atoms with Crippen molar-refractivity contribution in [2.45, 2.75) is 20.3 Å². The van der Waals surface area contributed by atoms with Crippen LogP contribution in [-0.4, -0.2) is 39.1 Å². The Bertz CT molecular complexity index is 124. The quantitative estimate of drug-likeness (QED) is 0.461. The van der Waals surface area contributed by atoms with Gasteiger partial charge in [0.05, 0.1) is 13.2 Å². The fourth-order valence-electron chi connectivity index (χ4n) is 0.859. The highest BCUT2D eigenvalue weighted by Crippen LogP contribution is 1.82. The minimum Gasteiger partial charge on any atom is -0.380 e. The molecule has 0 unspecified atom stereocenters. The fraction of sp³-hybridized carbons (Fsp3) is 0.889. The predicted molar refractivity (Wildman–Crippen MR) is 53.0 cm³/mol. The average Bonchev–Trinajstić information content (AvgIpc) is 2.05. The monoisotopic (exact) mass is 172 g/mol. The van der Waals surface area contributed by atoms with Gasteiger partial charge in [0.1, 0.15) is 0 Å². The maximum absolute atomic E-state index is 5.28. The second kappa shape index (κ2) is 8.68. The molecule has 0 aliphatic carbocycles. The van der Waals surface area contributed by atoms with E-state index in [0.717, 1.165) is 38.4 Å². The summed E-state index contributed by atoms with van der Waals surface area (Å²) < 4.78 is 5.28. The van der Waals surface area contributed by atoms with Gasteiger partial charge in [-0.1, -0.05) is 6.92 Å². The minimum atomic E-state index is 0.745. The molecule has 0 fully saturated rings. The summed E-state index contributed by atoms with van der Waals surface area (Å²) >= 11 is 0. The number of rotatable bonds is 7. The Balaban J connectivity index is 3.21. The molecule has 3 nitrogen and oxygen atoms in total. The van der Waals surface area contributed by atoms with Crippen molar-refractivity contribution >= 4 is 5.71 Å². The van der Waals surface area contributed by atoms with Gasteiger partial charge < -0.3 is 10.1 Å². The molecule has 0 aliphatic rings. The third-order valence-corrected chi connectivity index (χ3v) is 1.40. The van der Waals surface area contributed by atoms with Crippen molar-refractivity contribution in [3.63, 3.8) is 0 Å². The van der Waals surface area contributed by atoms with Crippen molar-refractivity contribution < 1.29 is 4.74 Å². The van der Waals surface area contributed by atoms with Crippen LogP contribution in [0, 0.1) is 0 Å². The molecule has 0 bridgehead atoms. The third kappa shape index (κ3) is 7.69. The zero-order chi connectivity index (χ0) is 9.23. The number of nitrogens with one attached hydrogen (secondary N) is 1. The zero-order valence-corrected chi connectivity index (χ0v) is 8.39. The van der Waals surface area contributed by atoms with Gasteiger partial charge in [0.25, 0.3) is 0 Å². The van der Waals surface area contributed by atoms with E-state index in [0.29, 0.717) is 0 Å². The fourth-order valence-corrected chi connectivity index (χ4v) is 0.859. The molecule has 72 valence electrons. The Morgan fingerprint density at radius 2 is 2.17 bits per heavy atom. The van der Waals surface area contributed by atoms with Crippen molar-refractivity contribution in [2.24, 2.45) is 4.99 Å². The van der Waals surface area contributed by atoms with E-state index in [2.05, 4.69) is 17.2 Å². The number of hydrogen-bond donors (Lipinski definition) is 1. The summed E-state index contributed by atoms with van der Waals surface area (Å²) in [6, 6.07) is 0. The molecule has 1 N–H and O–H groups in total. The highest BCUT2D eigenvalue weighted by molar-refractivity contribution is 5.83. The molecule has 0 aromatic heterocycles. The van der Waals surface area contributed by atoms with Gasteiger partial charge in [-0.05, 0) is 20.4 Å². The van der Waals surface area contributed by atoms with E-state index in [-0.39, 0.29) is 0 Å². The zero-order valence-electron chi connectivity index (χ0n) is 8.39. The van der Waals surface area contributed by atoms with Crippen LogP contribution in [0.15, 0.2) is 4.99 Å². The Kier molecular flexibility index (Phi) is 8.39. The standard InChI is InChI=1S/C9H20N2O/c1-4-6-12-7-5-11-9(2)8-10-3/h10H,4-8H2,1-3H3. The normalized spacial score (nSPS) is 12.1. The lowest BCUT2D eigenvalue weighted by Gasteiger charge is -2.00. The summed E-state index contributed by atoms with van der Waals surface area (Å²) in [5, 5.41) is 3.05. The Labute approximate surface area is 75.2 Å². The molecule has 0 saturated heterocycles. The van der Waals surface area contributed by atoms with Crippen LogP contribution < -0.4 is 5.32 Å². The van der Waals surface area contributed by atoms with Crippen molar-refractivity contribution in [2.75, 3.05) is 33.4 Å². The third-order valence-electron chi connectivity index (χ3n) is 1.40. The Morgan fingerprint density at radius 1 is 1.42 bits per heavy atom. The summed E-state index contributed by atoms with van der Waals surface area (Å²) in [5.41, 5.74) is 1.14. The van der Waals surface area contributed by atoms with Crippen LogP contribution in [-0.2, 0) is 4.74 Å². The van der Waals surface area contributed by atoms with Crippen LogP contribution in [0.25, 0.3) is 0 Å². The lowest BCUT2D eigenvalue weighted by molar-refractivity contribution is 0.142. The average molecular weight is 172 g/mol. The summed E-state index contributed by atoms with van der Waals surface area (Å²) in [6.07, 6.45) is 1.08. The van der Waals surface area contributed by atoms with E-state index in [1.807, 2.05) is 14.0 Å². The molecule has 0 aromatic carbocycles. The Morgan fingerprint density at radius 3 is 2.75 bits per heavy atom. The van der Waals surface area contributed by atoms with E-state index < -0.39 is 0 Å². The first kappa shape index (κ1) is 11.6. The predicted octanol–water partition coefficient (Wildman–Crippen LogP) is 1.09. The molecule has 0 aliphatic heterocycles. The molecule has 0 amide bonds. The maximum Gasteiger partial charge on any atom is 0.0661 e. The second-order valence-corrected chi connectivity index (χ2v) is 2.76. The van der Waals surface area contributed by atoms with Gasteiger partial charge in [-0.3, -0.25) is 4.99 Å². The van der Waals surface area contributed by atoms with E-state index in [1.165, 1.54) is 0 Å². The van der Waals surface area contributed by atoms with Gasteiger partial charge in [0.15, 0.2) is 0 Å². The summed E-state index contributed by atoms with van der Waals surface area (Å²) in [4.78, 5) is 4.31. The summed E-state index contributed by atoms with van der Waals surface area (Å²) in [6.45, 7) is 7.38. The SMILES string of the molecule is CCCOCCN=C(C)CNC. The van der Waals surface area contributed by atoms with Crippen LogP contribution in [0.3, 0.4) is 0 Å². The highest BCUT2D eigenvalue weighted by atomic mass is 16.5. The first-order chi connectivity index (χ1) is 5.81.